The van der Waals surface area contributed by atoms with Crippen LogP contribution < -0.4 is 4.90 Å². The molecule has 6 heteroatoms. The molecule has 0 bridgehead atoms. The van der Waals surface area contributed by atoms with Gasteiger partial charge >= 0.3 is 0 Å². The average Bonchev–Trinajstić information content (AvgIpc) is 2.88. The molecule has 140 valence electrons. The Kier molecular flexibility index (Phi) is 4.66. The van der Waals surface area contributed by atoms with E-state index in [1.807, 2.05) is 6.92 Å². The van der Waals surface area contributed by atoms with Gasteiger partial charge in [-0.2, -0.15) is 0 Å². The number of carbonyl (C=O) groups excluding carboxylic acids is 2. The van der Waals surface area contributed by atoms with Crippen molar-refractivity contribution in [2.75, 3.05) is 4.90 Å². The molecule has 2 aromatic rings. The molecular formula is C21H21NO5. The lowest BCUT2D eigenvalue weighted by molar-refractivity contribution is -0.119. The predicted molar refractivity (Wildman–Crippen MR) is 101 cm³/mol. The van der Waals surface area contributed by atoms with Gasteiger partial charge in [0.2, 0.25) is 0 Å². The van der Waals surface area contributed by atoms with Crippen LogP contribution >= 0.6 is 0 Å². The summed E-state index contributed by atoms with van der Waals surface area (Å²) in [4.78, 5) is 26.9. The fourth-order valence-corrected chi connectivity index (χ4v) is 3.21. The van der Waals surface area contributed by atoms with Gasteiger partial charge in [0.15, 0.2) is 11.5 Å². The van der Waals surface area contributed by atoms with Crippen molar-refractivity contribution in [2.45, 2.75) is 26.8 Å². The van der Waals surface area contributed by atoms with Crippen LogP contribution in [-0.4, -0.2) is 27.0 Å². The van der Waals surface area contributed by atoms with E-state index in [0.29, 0.717) is 5.56 Å². The molecule has 1 aliphatic rings. The Morgan fingerprint density at radius 3 is 2.26 bits per heavy atom. The summed E-state index contributed by atoms with van der Waals surface area (Å²) in [6.45, 7) is 5.19. The molecule has 0 fully saturated rings. The largest absolute Gasteiger partial charge is 0.508 e. The van der Waals surface area contributed by atoms with E-state index < -0.39 is 23.6 Å². The molecule has 0 spiro atoms. The number of amides is 1. The van der Waals surface area contributed by atoms with Crippen LogP contribution in [0.3, 0.4) is 0 Å². The summed E-state index contributed by atoms with van der Waals surface area (Å²) in [6.07, 6.45) is 0. The summed E-state index contributed by atoms with van der Waals surface area (Å²) in [7, 11) is 0. The average molecular weight is 367 g/mol. The van der Waals surface area contributed by atoms with Gasteiger partial charge in [0.05, 0.1) is 17.3 Å². The van der Waals surface area contributed by atoms with E-state index in [2.05, 4.69) is 0 Å². The SMILES string of the molecule is Cc1ccc(O)c(N2C(=O)C(O)=C(C(=O)C(C)C)C2c2ccc(O)cc2)c1. The Balaban J connectivity index is 2.23. The zero-order valence-electron chi connectivity index (χ0n) is 15.3. The molecule has 3 N–H and O–H groups in total. The zero-order chi connectivity index (χ0) is 19.9. The van der Waals surface area contributed by atoms with Crippen molar-refractivity contribution in [3.8, 4) is 11.5 Å². The summed E-state index contributed by atoms with van der Waals surface area (Å²) in [5.41, 5.74) is 1.54. The maximum absolute atomic E-state index is 12.9. The maximum atomic E-state index is 12.9. The lowest BCUT2D eigenvalue weighted by Crippen LogP contribution is -2.31. The van der Waals surface area contributed by atoms with Crippen LogP contribution in [0.4, 0.5) is 5.69 Å². The number of Topliss-reactive ketones (excluding diaryl/α,β-unsaturated/α-hetero) is 1. The van der Waals surface area contributed by atoms with E-state index in [0.717, 1.165) is 5.56 Å². The van der Waals surface area contributed by atoms with E-state index >= 15 is 0 Å². The van der Waals surface area contributed by atoms with Gasteiger partial charge in [-0.05, 0) is 42.3 Å². The summed E-state index contributed by atoms with van der Waals surface area (Å²) >= 11 is 0. The van der Waals surface area contributed by atoms with E-state index in [-0.39, 0.29) is 28.5 Å². The number of phenolic OH excluding ortho intramolecular Hbond substituents is 2. The van der Waals surface area contributed by atoms with Crippen LogP contribution in [0, 0.1) is 12.8 Å². The minimum absolute atomic E-state index is 0.0124. The van der Waals surface area contributed by atoms with Gasteiger partial charge in [-0.15, -0.1) is 0 Å². The molecule has 1 atom stereocenters. The van der Waals surface area contributed by atoms with E-state index in [1.165, 1.54) is 23.1 Å². The lowest BCUT2D eigenvalue weighted by atomic mass is 9.91. The Hall–Kier alpha value is -3.28. The number of anilines is 1. The summed E-state index contributed by atoms with van der Waals surface area (Å²) in [5, 5.41) is 30.4. The van der Waals surface area contributed by atoms with E-state index in [4.69, 9.17) is 0 Å². The molecule has 27 heavy (non-hydrogen) atoms. The number of hydrogen-bond donors (Lipinski definition) is 3. The van der Waals surface area contributed by atoms with Gasteiger partial charge in [0.1, 0.15) is 11.5 Å². The summed E-state index contributed by atoms with van der Waals surface area (Å²) in [5.74, 6) is -2.25. The minimum atomic E-state index is -0.902. The van der Waals surface area contributed by atoms with E-state index in [1.54, 1.807) is 38.1 Å². The molecule has 0 saturated heterocycles. The van der Waals surface area contributed by atoms with Crippen LogP contribution in [0.1, 0.15) is 31.0 Å². The molecular weight excluding hydrogens is 346 g/mol. The van der Waals surface area contributed by atoms with Crippen molar-refractivity contribution in [1.82, 2.24) is 0 Å². The van der Waals surface area contributed by atoms with Gasteiger partial charge in [-0.1, -0.05) is 32.0 Å². The molecule has 1 aliphatic heterocycles. The van der Waals surface area contributed by atoms with Gasteiger partial charge in [-0.25, -0.2) is 0 Å². The Labute approximate surface area is 157 Å². The van der Waals surface area contributed by atoms with Gasteiger partial charge < -0.3 is 15.3 Å². The summed E-state index contributed by atoms with van der Waals surface area (Å²) in [6, 6.07) is 9.94. The highest BCUT2D eigenvalue weighted by atomic mass is 16.3. The van der Waals surface area contributed by atoms with Crippen molar-refractivity contribution in [1.29, 1.82) is 0 Å². The highest BCUT2D eigenvalue weighted by Gasteiger charge is 2.45. The second-order valence-corrected chi connectivity index (χ2v) is 6.94. The molecule has 1 heterocycles. The second-order valence-electron chi connectivity index (χ2n) is 6.94. The van der Waals surface area contributed by atoms with Gasteiger partial charge in [0.25, 0.3) is 5.91 Å². The number of nitrogens with zero attached hydrogens (tertiary/aromatic N) is 1. The molecule has 1 amide bonds. The third-order valence-electron chi connectivity index (χ3n) is 4.60. The lowest BCUT2D eigenvalue weighted by Gasteiger charge is -2.28. The number of aryl methyl sites for hydroxylation is 1. The van der Waals surface area contributed by atoms with Gasteiger partial charge in [-0.3, -0.25) is 14.5 Å². The minimum Gasteiger partial charge on any atom is -0.508 e. The number of aliphatic hydroxyl groups excluding tert-OH is 1. The Morgan fingerprint density at radius 1 is 1.04 bits per heavy atom. The number of hydrogen-bond acceptors (Lipinski definition) is 5. The fraction of sp³-hybridized carbons (Fsp3) is 0.238. The number of benzene rings is 2. The molecule has 1 unspecified atom stereocenters. The molecule has 3 rings (SSSR count). The first-order valence-corrected chi connectivity index (χ1v) is 8.61. The number of aromatic hydroxyl groups is 2. The molecule has 2 aromatic carbocycles. The second kappa shape index (κ2) is 6.79. The first-order chi connectivity index (χ1) is 12.7. The number of phenols is 2. The van der Waals surface area contributed by atoms with Crippen LogP contribution in [0.25, 0.3) is 0 Å². The fourth-order valence-electron chi connectivity index (χ4n) is 3.21. The monoisotopic (exact) mass is 367 g/mol. The van der Waals surface area contributed by atoms with Crippen molar-refractivity contribution >= 4 is 17.4 Å². The van der Waals surface area contributed by atoms with Crippen molar-refractivity contribution in [2.24, 2.45) is 5.92 Å². The van der Waals surface area contributed by atoms with E-state index in [9.17, 15) is 24.9 Å². The molecule has 0 saturated carbocycles. The molecule has 0 aromatic heterocycles. The number of carbonyl (C=O) groups is 2. The predicted octanol–water partition coefficient (Wildman–Crippen LogP) is 3.53. The third-order valence-corrected chi connectivity index (χ3v) is 4.60. The summed E-state index contributed by atoms with van der Waals surface area (Å²) < 4.78 is 0. The van der Waals surface area contributed by atoms with Crippen LogP contribution in [0.2, 0.25) is 0 Å². The number of rotatable bonds is 4. The Morgan fingerprint density at radius 2 is 1.67 bits per heavy atom. The third kappa shape index (κ3) is 3.14. The Bertz CT molecular complexity index is 944. The van der Waals surface area contributed by atoms with Crippen LogP contribution in [0.15, 0.2) is 53.8 Å². The van der Waals surface area contributed by atoms with Crippen molar-refractivity contribution < 1.29 is 24.9 Å². The quantitative estimate of drug-likeness (QED) is 0.768. The van der Waals surface area contributed by atoms with Gasteiger partial charge in [0, 0.05) is 5.92 Å². The topological polar surface area (TPSA) is 98.1 Å². The van der Waals surface area contributed by atoms with Crippen LogP contribution in [-0.2, 0) is 9.59 Å². The smallest absolute Gasteiger partial charge is 0.294 e. The first kappa shape index (κ1) is 18.5. The van der Waals surface area contributed by atoms with Crippen molar-refractivity contribution in [3.05, 3.63) is 64.9 Å². The number of ketones is 1. The highest BCUT2D eigenvalue weighted by Crippen LogP contribution is 2.44. The first-order valence-electron chi connectivity index (χ1n) is 8.61. The zero-order valence-corrected chi connectivity index (χ0v) is 15.3. The standard InChI is InChI=1S/C21H21NO5/c1-11(2)19(25)17-18(13-5-7-14(23)8-6-13)22(21(27)20(17)26)15-10-12(3)4-9-16(15)24/h4-11,18,23-24,26H,1-3H3. The highest BCUT2D eigenvalue weighted by molar-refractivity contribution is 6.17. The molecule has 0 radical (unpaired) electrons. The normalized spacial score (nSPS) is 17.1. The number of aliphatic hydroxyl groups is 1. The molecule has 0 aliphatic carbocycles. The maximum Gasteiger partial charge on any atom is 0.294 e. The van der Waals surface area contributed by atoms with Crippen LogP contribution in [0.5, 0.6) is 11.5 Å². The van der Waals surface area contributed by atoms with Crippen molar-refractivity contribution in [3.63, 3.8) is 0 Å². The molecule has 6 nitrogen and oxygen atoms in total.